The normalized spacial score (nSPS) is 21.7. The lowest BCUT2D eigenvalue weighted by Crippen LogP contribution is -2.62. The van der Waals surface area contributed by atoms with Crippen LogP contribution in [-0.2, 0) is 4.79 Å². The van der Waals surface area contributed by atoms with Gasteiger partial charge in [-0.25, -0.2) is 4.79 Å². The summed E-state index contributed by atoms with van der Waals surface area (Å²) in [6.07, 6.45) is 0. The Morgan fingerprint density at radius 2 is 1.76 bits per heavy atom. The fraction of sp³-hybridized carbons (Fsp3) is 0.857. The number of nitrogens with one attached hydrogen (secondary N) is 3. The summed E-state index contributed by atoms with van der Waals surface area (Å²) in [5, 5.41) is 8.38. The van der Waals surface area contributed by atoms with E-state index in [9.17, 15) is 9.59 Å². The van der Waals surface area contributed by atoms with Crippen molar-refractivity contribution in [3.8, 4) is 0 Å². The molecular weight excluding hydrogens is 270 g/mol. The van der Waals surface area contributed by atoms with Crippen LogP contribution in [0.25, 0.3) is 0 Å². The molecule has 3 amide bonds. The van der Waals surface area contributed by atoms with Gasteiger partial charge in [-0.05, 0) is 20.8 Å². The van der Waals surface area contributed by atoms with E-state index in [1.54, 1.807) is 0 Å². The molecular formula is C14H27N5O2. The number of carbonyl (C=O) groups is 2. The van der Waals surface area contributed by atoms with Crippen LogP contribution < -0.4 is 16.0 Å². The molecule has 2 rings (SSSR count). The van der Waals surface area contributed by atoms with Crippen molar-refractivity contribution < 1.29 is 9.59 Å². The van der Waals surface area contributed by atoms with Gasteiger partial charge in [0.1, 0.15) is 0 Å². The molecule has 3 N–H and O–H groups in total. The third-order valence-corrected chi connectivity index (χ3v) is 3.79. The van der Waals surface area contributed by atoms with Gasteiger partial charge in [-0.15, -0.1) is 0 Å². The molecule has 2 saturated heterocycles. The number of urea groups is 1. The van der Waals surface area contributed by atoms with Crippen LogP contribution in [0.3, 0.4) is 0 Å². The largest absolute Gasteiger partial charge is 0.333 e. The van der Waals surface area contributed by atoms with Crippen molar-refractivity contribution in [1.82, 2.24) is 25.8 Å². The Morgan fingerprint density at radius 3 is 2.24 bits per heavy atom. The molecule has 2 aliphatic rings. The lowest BCUT2D eigenvalue weighted by atomic mass is 10.1. The van der Waals surface area contributed by atoms with Gasteiger partial charge in [-0.2, -0.15) is 0 Å². The highest BCUT2D eigenvalue weighted by atomic mass is 16.2. The number of rotatable bonds is 3. The van der Waals surface area contributed by atoms with Crippen molar-refractivity contribution in [3.63, 3.8) is 0 Å². The van der Waals surface area contributed by atoms with Crippen molar-refractivity contribution in [2.45, 2.75) is 32.4 Å². The SMILES string of the molecule is CC(C)(C)NC(=O)NC(=O)CN1CCN(C2CNC2)CC1. The zero-order chi connectivity index (χ0) is 15.5. The number of hydrogen-bond acceptors (Lipinski definition) is 5. The molecule has 0 spiro atoms. The Kier molecular flexibility index (Phi) is 5.18. The lowest BCUT2D eigenvalue weighted by Gasteiger charge is -2.43. The minimum atomic E-state index is -0.424. The molecule has 0 aromatic rings. The van der Waals surface area contributed by atoms with Gasteiger partial charge in [-0.1, -0.05) is 0 Å². The minimum absolute atomic E-state index is 0.240. The fourth-order valence-electron chi connectivity index (χ4n) is 2.56. The summed E-state index contributed by atoms with van der Waals surface area (Å²) < 4.78 is 0. The van der Waals surface area contributed by atoms with Crippen molar-refractivity contribution >= 4 is 11.9 Å². The van der Waals surface area contributed by atoms with Crippen LogP contribution in [0, 0.1) is 0 Å². The molecule has 0 bridgehead atoms. The number of hydrogen-bond donors (Lipinski definition) is 3. The predicted octanol–water partition coefficient (Wildman–Crippen LogP) is -0.800. The average molecular weight is 297 g/mol. The van der Waals surface area contributed by atoms with Crippen molar-refractivity contribution in [1.29, 1.82) is 0 Å². The molecule has 0 aromatic carbocycles. The smallest absolute Gasteiger partial charge is 0.321 e. The van der Waals surface area contributed by atoms with Gasteiger partial charge in [0.15, 0.2) is 0 Å². The molecule has 0 atom stereocenters. The second kappa shape index (κ2) is 6.72. The monoisotopic (exact) mass is 297 g/mol. The molecule has 0 aliphatic carbocycles. The molecule has 2 aliphatic heterocycles. The van der Waals surface area contributed by atoms with E-state index in [0.717, 1.165) is 39.3 Å². The Hall–Kier alpha value is -1.18. The van der Waals surface area contributed by atoms with Gasteiger partial charge >= 0.3 is 6.03 Å². The highest BCUT2D eigenvalue weighted by Crippen LogP contribution is 2.09. The van der Waals surface area contributed by atoms with Crippen LogP contribution in [0.5, 0.6) is 0 Å². The molecule has 120 valence electrons. The highest BCUT2D eigenvalue weighted by Gasteiger charge is 2.28. The molecule has 21 heavy (non-hydrogen) atoms. The number of amides is 3. The fourth-order valence-corrected chi connectivity index (χ4v) is 2.56. The van der Waals surface area contributed by atoms with Crippen LogP contribution in [0.1, 0.15) is 20.8 Å². The number of nitrogens with zero attached hydrogens (tertiary/aromatic N) is 2. The summed E-state index contributed by atoms with van der Waals surface area (Å²) in [4.78, 5) is 28.0. The molecule has 0 aromatic heterocycles. The third-order valence-electron chi connectivity index (χ3n) is 3.79. The van der Waals surface area contributed by atoms with Crippen LogP contribution >= 0.6 is 0 Å². The molecule has 7 heteroatoms. The first kappa shape index (κ1) is 16.2. The van der Waals surface area contributed by atoms with Gasteiger partial charge in [0.05, 0.1) is 6.54 Å². The summed E-state index contributed by atoms with van der Waals surface area (Å²) in [5.41, 5.74) is -0.340. The van der Waals surface area contributed by atoms with Gasteiger partial charge in [0.2, 0.25) is 5.91 Å². The van der Waals surface area contributed by atoms with E-state index in [1.807, 2.05) is 20.8 Å². The topological polar surface area (TPSA) is 76.7 Å². The lowest BCUT2D eigenvalue weighted by molar-refractivity contribution is -0.121. The Bertz CT molecular complexity index is 381. The van der Waals surface area contributed by atoms with Gasteiger partial charge in [0, 0.05) is 50.8 Å². The van der Waals surface area contributed by atoms with E-state index in [1.165, 1.54) is 0 Å². The number of piperazine rings is 1. The predicted molar refractivity (Wildman–Crippen MR) is 81.1 cm³/mol. The average Bonchev–Trinajstić information content (AvgIpc) is 2.26. The standard InChI is InChI=1S/C14H27N5O2/c1-14(2,3)17-13(21)16-12(20)10-18-4-6-19(7-5-18)11-8-15-9-11/h11,15H,4-10H2,1-3H3,(H2,16,17,20,21). The third kappa shape index (κ3) is 5.26. The number of carbonyl (C=O) groups excluding carboxylic acids is 2. The second-order valence-corrected chi connectivity index (χ2v) is 6.88. The zero-order valence-corrected chi connectivity index (χ0v) is 13.2. The quantitative estimate of drug-likeness (QED) is 0.636. The summed E-state index contributed by atoms with van der Waals surface area (Å²) >= 11 is 0. The molecule has 2 fully saturated rings. The summed E-state index contributed by atoms with van der Waals surface area (Å²) in [5.74, 6) is -0.240. The van der Waals surface area contributed by atoms with E-state index < -0.39 is 6.03 Å². The Labute approximate surface area is 126 Å². The van der Waals surface area contributed by atoms with Crippen LogP contribution in [0.15, 0.2) is 0 Å². The second-order valence-electron chi connectivity index (χ2n) is 6.88. The van der Waals surface area contributed by atoms with Crippen LogP contribution in [-0.4, -0.2) is 79.1 Å². The van der Waals surface area contributed by atoms with Gasteiger partial charge < -0.3 is 10.6 Å². The molecule has 0 unspecified atom stereocenters. The molecule has 0 saturated carbocycles. The van der Waals surface area contributed by atoms with E-state index in [4.69, 9.17) is 0 Å². The zero-order valence-electron chi connectivity index (χ0n) is 13.2. The Balaban J connectivity index is 1.65. The maximum absolute atomic E-state index is 11.9. The summed E-state index contributed by atoms with van der Waals surface area (Å²) in [6, 6.07) is 0.241. The van der Waals surface area contributed by atoms with E-state index in [2.05, 4.69) is 25.8 Å². The summed E-state index contributed by atoms with van der Waals surface area (Å²) in [6.45, 7) is 11.8. The first-order chi connectivity index (χ1) is 9.83. The highest BCUT2D eigenvalue weighted by molar-refractivity contribution is 5.95. The Morgan fingerprint density at radius 1 is 1.14 bits per heavy atom. The first-order valence-corrected chi connectivity index (χ1v) is 7.62. The van der Waals surface area contributed by atoms with Crippen LogP contribution in [0.2, 0.25) is 0 Å². The maximum Gasteiger partial charge on any atom is 0.321 e. The number of imide groups is 1. The van der Waals surface area contributed by atoms with Gasteiger partial charge in [-0.3, -0.25) is 19.9 Å². The van der Waals surface area contributed by atoms with E-state index in [0.29, 0.717) is 6.04 Å². The van der Waals surface area contributed by atoms with Crippen molar-refractivity contribution in [2.75, 3.05) is 45.8 Å². The van der Waals surface area contributed by atoms with E-state index >= 15 is 0 Å². The maximum atomic E-state index is 11.9. The van der Waals surface area contributed by atoms with Crippen molar-refractivity contribution in [2.24, 2.45) is 0 Å². The van der Waals surface area contributed by atoms with E-state index in [-0.39, 0.29) is 18.0 Å². The summed E-state index contributed by atoms with van der Waals surface area (Å²) in [7, 11) is 0. The first-order valence-electron chi connectivity index (χ1n) is 7.62. The molecule has 7 nitrogen and oxygen atoms in total. The van der Waals surface area contributed by atoms with Gasteiger partial charge in [0.25, 0.3) is 0 Å². The molecule has 2 heterocycles. The van der Waals surface area contributed by atoms with Crippen molar-refractivity contribution in [3.05, 3.63) is 0 Å². The minimum Gasteiger partial charge on any atom is -0.333 e. The van der Waals surface area contributed by atoms with Crippen LogP contribution in [0.4, 0.5) is 4.79 Å². The molecule has 0 radical (unpaired) electrons.